The van der Waals surface area contributed by atoms with E-state index in [1.807, 2.05) is 66.5 Å². The zero-order valence-electron chi connectivity index (χ0n) is 24.0. The Morgan fingerprint density at radius 3 is 2.17 bits per heavy atom. The number of carboxylic acid groups (broad SMARTS) is 1. The Kier molecular flexibility index (Phi) is 9.54. The van der Waals surface area contributed by atoms with E-state index in [1.54, 1.807) is 0 Å². The van der Waals surface area contributed by atoms with Crippen molar-refractivity contribution in [2.24, 2.45) is 5.92 Å². The first kappa shape index (κ1) is 29.3. The molecule has 3 aromatic carbocycles. The van der Waals surface area contributed by atoms with Crippen LogP contribution in [0.4, 0.5) is 4.79 Å². The highest BCUT2D eigenvalue weighted by atomic mass is 16.5. The van der Waals surface area contributed by atoms with E-state index in [4.69, 9.17) is 4.74 Å². The molecular formula is C34H39N3O5. The van der Waals surface area contributed by atoms with Gasteiger partial charge in [0.15, 0.2) is 0 Å². The minimum absolute atomic E-state index is 0.0550. The van der Waals surface area contributed by atoms with Crippen LogP contribution in [0.1, 0.15) is 54.7 Å². The Bertz CT molecular complexity index is 1350. The third kappa shape index (κ3) is 6.99. The van der Waals surface area contributed by atoms with Crippen LogP contribution in [0.2, 0.25) is 0 Å². The quantitative estimate of drug-likeness (QED) is 0.291. The number of carbonyl (C=O) groups is 3. The fourth-order valence-corrected chi connectivity index (χ4v) is 6.32. The molecule has 3 atom stereocenters. The van der Waals surface area contributed by atoms with Crippen LogP contribution in [0.5, 0.6) is 0 Å². The fourth-order valence-electron chi connectivity index (χ4n) is 6.32. The molecule has 0 heterocycles. The number of alkyl carbamates (subject to hydrolysis) is 1. The first-order valence-electron chi connectivity index (χ1n) is 14.8. The number of nitrogens with one attached hydrogen (secondary N) is 2. The summed E-state index contributed by atoms with van der Waals surface area (Å²) in [5.74, 6) is -2.02. The van der Waals surface area contributed by atoms with Crippen molar-refractivity contribution in [1.29, 1.82) is 0 Å². The highest BCUT2D eigenvalue weighted by molar-refractivity contribution is 5.86. The number of carbonyl (C=O) groups excluding carboxylic acids is 2. The Labute approximate surface area is 247 Å². The molecule has 8 heteroatoms. The van der Waals surface area contributed by atoms with Gasteiger partial charge >= 0.3 is 12.1 Å². The van der Waals surface area contributed by atoms with Gasteiger partial charge in [-0.3, -0.25) is 9.69 Å². The number of hydrogen-bond donors (Lipinski definition) is 3. The number of nitrogens with zero attached hydrogens (tertiary/aromatic N) is 1. The monoisotopic (exact) mass is 569 g/mol. The van der Waals surface area contributed by atoms with Gasteiger partial charge in [0, 0.05) is 25.0 Å². The maximum Gasteiger partial charge on any atom is 0.407 e. The summed E-state index contributed by atoms with van der Waals surface area (Å²) >= 11 is 0. The molecule has 8 nitrogen and oxygen atoms in total. The second kappa shape index (κ2) is 13.7. The zero-order valence-corrected chi connectivity index (χ0v) is 24.0. The van der Waals surface area contributed by atoms with E-state index in [2.05, 4.69) is 34.9 Å². The number of fused-ring (bicyclic) bond motifs is 3. The average Bonchev–Trinajstić information content (AvgIpc) is 3.12. The van der Waals surface area contributed by atoms with E-state index in [1.165, 1.54) is 0 Å². The Morgan fingerprint density at radius 2 is 1.50 bits per heavy atom. The Morgan fingerprint density at radius 1 is 0.881 bits per heavy atom. The molecule has 0 saturated heterocycles. The number of likely N-dealkylation sites (N-methyl/N-ethyl adjacent to an activating group) is 1. The van der Waals surface area contributed by atoms with Crippen LogP contribution in [0.3, 0.4) is 0 Å². The molecule has 1 saturated carbocycles. The molecule has 2 aliphatic carbocycles. The summed E-state index contributed by atoms with van der Waals surface area (Å²) in [5.41, 5.74) is 5.65. The molecule has 2 aliphatic rings. The minimum Gasteiger partial charge on any atom is -0.480 e. The number of hydrogen-bond acceptors (Lipinski definition) is 5. The number of benzene rings is 3. The van der Waals surface area contributed by atoms with Crippen molar-refractivity contribution in [3.8, 4) is 11.1 Å². The maximum atomic E-state index is 13.5. The third-order valence-electron chi connectivity index (χ3n) is 8.40. The van der Waals surface area contributed by atoms with Crippen LogP contribution in [-0.4, -0.2) is 60.3 Å². The molecule has 42 heavy (non-hydrogen) atoms. The van der Waals surface area contributed by atoms with Gasteiger partial charge in [0.1, 0.15) is 12.6 Å². The summed E-state index contributed by atoms with van der Waals surface area (Å²) < 4.78 is 5.76. The summed E-state index contributed by atoms with van der Waals surface area (Å²) in [6.07, 6.45) is 3.32. The molecular weight excluding hydrogens is 530 g/mol. The van der Waals surface area contributed by atoms with Crippen molar-refractivity contribution in [2.45, 2.75) is 56.7 Å². The van der Waals surface area contributed by atoms with Crippen molar-refractivity contribution in [3.63, 3.8) is 0 Å². The number of ether oxygens (including phenoxy) is 1. The summed E-state index contributed by atoms with van der Waals surface area (Å²) in [6, 6.07) is 24.6. The molecule has 0 spiro atoms. The van der Waals surface area contributed by atoms with E-state index in [0.29, 0.717) is 19.4 Å². The Hall–Kier alpha value is -4.17. The van der Waals surface area contributed by atoms with Gasteiger partial charge in [0.05, 0.1) is 5.92 Å². The molecule has 3 unspecified atom stereocenters. The third-order valence-corrected chi connectivity index (χ3v) is 8.40. The van der Waals surface area contributed by atoms with Crippen molar-refractivity contribution >= 4 is 18.0 Å². The highest BCUT2D eigenvalue weighted by Gasteiger charge is 2.35. The molecule has 0 aliphatic heterocycles. The number of aliphatic carboxylic acids is 1. The van der Waals surface area contributed by atoms with Gasteiger partial charge in [-0.15, -0.1) is 0 Å². The summed E-state index contributed by atoms with van der Waals surface area (Å²) in [4.78, 5) is 40.5. The van der Waals surface area contributed by atoms with Crippen LogP contribution >= 0.6 is 0 Å². The van der Waals surface area contributed by atoms with E-state index in [9.17, 15) is 19.5 Å². The number of carboxylic acids is 1. The van der Waals surface area contributed by atoms with E-state index in [-0.39, 0.29) is 25.0 Å². The predicted octanol–water partition coefficient (Wildman–Crippen LogP) is 5.18. The van der Waals surface area contributed by atoms with E-state index in [0.717, 1.165) is 47.1 Å². The summed E-state index contributed by atoms with van der Waals surface area (Å²) in [6.45, 7) is 0.918. The van der Waals surface area contributed by atoms with Crippen LogP contribution < -0.4 is 10.6 Å². The van der Waals surface area contributed by atoms with Crippen molar-refractivity contribution in [1.82, 2.24) is 15.5 Å². The molecule has 5 rings (SSSR count). The standard InChI is InChI=1S/C34H39N3O5/c1-37(20-23-12-4-2-5-13-23)21-31(33(39)40)35-32(38)28-18-6-3-7-19-30(28)36-34(41)42-22-29-26-16-10-8-14-24(26)25-15-9-11-17-27(25)29/h2,4-5,8-17,28-31H,3,6-7,18-22H2,1H3,(H,35,38)(H,36,41)(H,39,40). The topological polar surface area (TPSA) is 108 Å². The van der Waals surface area contributed by atoms with Crippen LogP contribution in [0, 0.1) is 5.92 Å². The predicted molar refractivity (Wildman–Crippen MR) is 161 cm³/mol. The fraction of sp³-hybridized carbons (Fsp3) is 0.382. The molecule has 2 amide bonds. The average molecular weight is 570 g/mol. The van der Waals surface area contributed by atoms with Gasteiger partial charge in [-0.05, 0) is 47.7 Å². The molecule has 3 N–H and O–H groups in total. The van der Waals surface area contributed by atoms with Crippen LogP contribution in [-0.2, 0) is 20.9 Å². The van der Waals surface area contributed by atoms with Gasteiger partial charge < -0.3 is 20.5 Å². The number of rotatable bonds is 10. The maximum absolute atomic E-state index is 13.5. The lowest BCUT2D eigenvalue weighted by atomic mass is 9.93. The van der Waals surface area contributed by atoms with Crippen molar-refractivity contribution in [2.75, 3.05) is 20.2 Å². The highest BCUT2D eigenvalue weighted by Crippen LogP contribution is 2.44. The summed E-state index contributed by atoms with van der Waals surface area (Å²) in [5, 5.41) is 15.6. The summed E-state index contributed by atoms with van der Waals surface area (Å²) in [7, 11) is 1.84. The second-order valence-electron chi connectivity index (χ2n) is 11.4. The Balaban J connectivity index is 1.20. The lowest BCUT2D eigenvalue weighted by Gasteiger charge is -2.28. The van der Waals surface area contributed by atoms with Gasteiger partial charge in [0.2, 0.25) is 5.91 Å². The van der Waals surface area contributed by atoms with E-state index >= 15 is 0 Å². The van der Waals surface area contributed by atoms with Gasteiger partial charge in [-0.1, -0.05) is 98.1 Å². The molecule has 3 aromatic rings. The second-order valence-corrected chi connectivity index (χ2v) is 11.4. The van der Waals surface area contributed by atoms with Crippen molar-refractivity contribution < 1.29 is 24.2 Å². The molecule has 1 fully saturated rings. The lowest BCUT2D eigenvalue weighted by Crippen LogP contribution is -2.53. The lowest BCUT2D eigenvalue weighted by molar-refractivity contribution is -0.143. The molecule has 220 valence electrons. The van der Waals surface area contributed by atoms with E-state index < -0.39 is 30.1 Å². The van der Waals surface area contributed by atoms with Gasteiger partial charge in [-0.2, -0.15) is 0 Å². The normalized spacial score (nSPS) is 18.8. The van der Waals surface area contributed by atoms with Gasteiger partial charge in [-0.25, -0.2) is 9.59 Å². The zero-order chi connectivity index (χ0) is 29.5. The number of amides is 2. The first-order chi connectivity index (χ1) is 20.4. The van der Waals surface area contributed by atoms with Crippen LogP contribution in [0.25, 0.3) is 11.1 Å². The minimum atomic E-state index is -1.09. The molecule has 0 bridgehead atoms. The van der Waals surface area contributed by atoms with Gasteiger partial charge in [0.25, 0.3) is 0 Å². The molecule has 0 aromatic heterocycles. The van der Waals surface area contributed by atoms with Crippen LogP contribution in [0.15, 0.2) is 78.9 Å². The molecule has 0 radical (unpaired) electrons. The van der Waals surface area contributed by atoms with Crippen molar-refractivity contribution in [3.05, 3.63) is 95.6 Å². The first-order valence-corrected chi connectivity index (χ1v) is 14.8. The SMILES string of the molecule is CN(Cc1ccccc1)CC(NC(=O)C1CCCCCC1NC(=O)OCC1c2ccccc2-c2ccccc21)C(=O)O. The largest absolute Gasteiger partial charge is 0.480 e. The smallest absolute Gasteiger partial charge is 0.407 e.